The van der Waals surface area contributed by atoms with Gasteiger partial charge in [0.25, 0.3) is 0 Å². The molecule has 25 heavy (non-hydrogen) atoms. The first-order chi connectivity index (χ1) is 11.2. The SMILES string of the molecule is CC(=O)O[C@@H]1C[C@@H](C(N)=O)N(C(C(=O)C(F)(F)C(F)(F)F)C(C)C)C1. The Kier molecular flexibility index (Phi) is 6.14. The number of ether oxygens (including phenoxy) is 1. The Balaban J connectivity index is 3.21. The molecule has 0 aliphatic carbocycles. The number of hydrogen-bond donors (Lipinski definition) is 1. The van der Waals surface area contributed by atoms with Crippen LogP contribution in [0.3, 0.4) is 0 Å². The van der Waals surface area contributed by atoms with Crippen LogP contribution in [0.5, 0.6) is 0 Å². The molecule has 0 aromatic carbocycles. The van der Waals surface area contributed by atoms with E-state index in [0.717, 1.165) is 11.8 Å². The van der Waals surface area contributed by atoms with Crippen molar-refractivity contribution in [2.75, 3.05) is 6.54 Å². The van der Waals surface area contributed by atoms with Gasteiger partial charge in [0, 0.05) is 19.9 Å². The van der Waals surface area contributed by atoms with Gasteiger partial charge in [-0.25, -0.2) is 0 Å². The summed E-state index contributed by atoms with van der Waals surface area (Å²) < 4.78 is 69.6. The highest BCUT2D eigenvalue weighted by molar-refractivity contribution is 5.92. The highest BCUT2D eigenvalue weighted by atomic mass is 19.4. The highest BCUT2D eigenvalue weighted by Crippen LogP contribution is 2.39. The van der Waals surface area contributed by atoms with Crippen molar-refractivity contribution < 1.29 is 41.1 Å². The van der Waals surface area contributed by atoms with Crippen LogP contribution in [0.4, 0.5) is 22.0 Å². The van der Waals surface area contributed by atoms with Gasteiger partial charge < -0.3 is 10.5 Å². The van der Waals surface area contributed by atoms with E-state index in [2.05, 4.69) is 0 Å². The van der Waals surface area contributed by atoms with E-state index in [4.69, 9.17) is 10.5 Å². The molecule has 2 N–H and O–H groups in total. The molecule has 1 heterocycles. The summed E-state index contributed by atoms with van der Waals surface area (Å²) in [7, 11) is 0. The molecule has 0 aromatic rings. The number of halogens is 5. The van der Waals surface area contributed by atoms with Gasteiger partial charge in [-0.1, -0.05) is 13.8 Å². The molecule has 1 rings (SSSR count). The number of nitrogens with two attached hydrogens (primary N) is 1. The maximum atomic E-state index is 13.5. The van der Waals surface area contributed by atoms with Crippen LogP contribution in [-0.2, 0) is 19.1 Å². The molecular weight excluding hydrogens is 355 g/mol. The number of carbonyl (C=O) groups is 3. The molecule has 0 saturated carbocycles. The summed E-state index contributed by atoms with van der Waals surface area (Å²) >= 11 is 0. The summed E-state index contributed by atoms with van der Waals surface area (Å²) in [6, 6.07) is -3.22. The Morgan fingerprint density at radius 1 is 1.16 bits per heavy atom. The lowest BCUT2D eigenvalue weighted by Gasteiger charge is -2.35. The Labute approximate surface area is 140 Å². The van der Waals surface area contributed by atoms with E-state index in [9.17, 15) is 36.3 Å². The third kappa shape index (κ3) is 4.44. The molecule has 1 unspecified atom stereocenters. The predicted octanol–water partition coefficient (Wildman–Crippen LogP) is 1.27. The fraction of sp³-hybridized carbons (Fsp3) is 0.786. The molecule has 1 aliphatic heterocycles. The van der Waals surface area contributed by atoms with Crippen molar-refractivity contribution in [3.05, 3.63) is 0 Å². The van der Waals surface area contributed by atoms with Crippen molar-refractivity contribution in [1.29, 1.82) is 0 Å². The molecule has 1 aliphatic rings. The summed E-state index contributed by atoms with van der Waals surface area (Å²) in [6.07, 6.45) is -7.19. The summed E-state index contributed by atoms with van der Waals surface area (Å²) in [5.41, 5.74) is 5.17. The minimum absolute atomic E-state index is 0.191. The number of hydrogen-bond acceptors (Lipinski definition) is 5. The summed E-state index contributed by atoms with van der Waals surface area (Å²) in [4.78, 5) is 35.4. The predicted molar refractivity (Wildman–Crippen MR) is 74.5 cm³/mol. The lowest BCUT2D eigenvalue weighted by molar-refractivity contribution is -0.271. The van der Waals surface area contributed by atoms with E-state index in [1.54, 1.807) is 0 Å². The first-order valence-corrected chi connectivity index (χ1v) is 7.41. The van der Waals surface area contributed by atoms with Crippen LogP contribution in [0, 0.1) is 5.92 Å². The number of ketones is 1. The van der Waals surface area contributed by atoms with Gasteiger partial charge in [0.05, 0.1) is 12.1 Å². The van der Waals surface area contributed by atoms with Gasteiger partial charge >= 0.3 is 18.1 Å². The van der Waals surface area contributed by atoms with Crippen molar-refractivity contribution >= 4 is 17.7 Å². The largest absolute Gasteiger partial charge is 0.461 e. The van der Waals surface area contributed by atoms with Crippen LogP contribution < -0.4 is 5.73 Å². The zero-order valence-electron chi connectivity index (χ0n) is 13.8. The van der Waals surface area contributed by atoms with Gasteiger partial charge in [-0.3, -0.25) is 19.3 Å². The van der Waals surface area contributed by atoms with Crippen LogP contribution in [0.2, 0.25) is 0 Å². The lowest BCUT2D eigenvalue weighted by Crippen LogP contribution is -2.58. The van der Waals surface area contributed by atoms with E-state index < -0.39 is 53.9 Å². The molecule has 0 radical (unpaired) electrons. The topological polar surface area (TPSA) is 89.7 Å². The molecule has 11 heteroatoms. The molecule has 6 nitrogen and oxygen atoms in total. The highest BCUT2D eigenvalue weighted by Gasteiger charge is 2.65. The molecule has 1 amide bonds. The number of amides is 1. The molecule has 144 valence electrons. The molecule has 0 spiro atoms. The maximum absolute atomic E-state index is 13.5. The minimum atomic E-state index is -6.06. The van der Waals surface area contributed by atoms with Crippen molar-refractivity contribution in [2.45, 2.75) is 57.5 Å². The smallest absolute Gasteiger partial charge is 0.461 e. The van der Waals surface area contributed by atoms with Gasteiger partial charge in [0.2, 0.25) is 11.7 Å². The standard InChI is InChI=1S/C14H19F5N2O4/c1-6(2)10(11(23)13(15,16)14(17,18)19)21-5-8(25-7(3)22)4-9(21)12(20)24/h6,8-10H,4-5H2,1-3H3,(H2,20,24)/t8-,9+,10?/m1/s1. The third-order valence-electron chi connectivity index (χ3n) is 3.88. The van der Waals surface area contributed by atoms with Crippen molar-refractivity contribution in [2.24, 2.45) is 11.7 Å². The van der Waals surface area contributed by atoms with Gasteiger partial charge in [0.1, 0.15) is 6.10 Å². The number of carbonyl (C=O) groups excluding carboxylic acids is 3. The average molecular weight is 374 g/mol. The van der Waals surface area contributed by atoms with Crippen molar-refractivity contribution in [3.63, 3.8) is 0 Å². The average Bonchev–Trinajstić information content (AvgIpc) is 2.79. The zero-order valence-corrected chi connectivity index (χ0v) is 13.8. The van der Waals surface area contributed by atoms with Crippen LogP contribution >= 0.6 is 0 Å². The van der Waals surface area contributed by atoms with Crippen LogP contribution in [0.1, 0.15) is 27.2 Å². The minimum Gasteiger partial charge on any atom is -0.461 e. The first kappa shape index (κ1) is 21.3. The van der Waals surface area contributed by atoms with Gasteiger partial charge in [-0.2, -0.15) is 22.0 Å². The van der Waals surface area contributed by atoms with E-state index in [1.807, 2.05) is 0 Å². The van der Waals surface area contributed by atoms with E-state index in [0.29, 0.717) is 0 Å². The van der Waals surface area contributed by atoms with E-state index in [-0.39, 0.29) is 13.0 Å². The Morgan fingerprint density at radius 2 is 1.68 bits per heavy atom. The molecule has 3 atom stereocenters. The van der Waals surface area contributed by atoms with Crippen LogP contribution in [0.25, 0.3) is 0 Å². The lowest BCUT2D eigenvalue weighted by atomic mass is 9.93. The number of nitrogens with zero attached hydrogens (tertiary/aromatic N) is 1. The Bertz CT molecular complexity index is 550. The van der Waals surface area contributed by atoms with Crippen LogP contribution in [0.15, 0.2) is 0 Å². The molecule has 1 fully saturated rings. The number of esters is 1. The van der Waals surface area contributed by atoms with Crippen molar-refractivity contribution in [1.82, 2.24) is 4.90 Å². The quantitative estimate of drug-likeness (QED) is 0.559. The normalized spacial score (nSPS) is 23.6. The van der Waals surface area contributed by atoms with Gasteiger partial charge in [0.15, 0.2) is 0 Å². The number of rotatable bonds is 6. The fourth-order valence-corrected chi connectivity index (χ4v) is 2.89. The zero-order chi connectivity index (χ0) is 19.7. The van der Waals surface area contributed by atoms with E-state index in [1.165, 1.54) is 13.8 Å². The fourth-order valence-electron chi connectivity index (χ4n) is 2.89. The van der Waals surface area contributed by atoms with Crippen molar-refractivity contribution in [3.8, 4) is 0 Å². The van der Waals surface area contributed by atoms with Gasteiger partial charge in [-0.15, -0.1) is 0 Å². The molecule has 0 aromatic heterocycles. The number of likely N-dealkylation sites (tertiary alicyclic amines) is 1. The Morgan fingerprint density at radius 3 is 2.04 bits per heavy atom. The second kappa shape index (κ2) is 7.22. The van der Waals surface area contributed by atoms with Crippen LogP contribution in [-0.4, -0.2) is 59.4 Å². The molecule has 0 bridgehead atoms. The number of primary amides is 1. The summed E-state index contributed by atoms with van der Waals surface area (Å²) in [5.74, 6) is -10.7. The second-order valence-electron chi connectivity index (χ2n) is 6.21. The van der Waals surface area contributed by atoms with Gasteiger partial charge in [-0.05, 0) is 5.92 Å². The molecule has 1 saturated heterocycles. The Hall–Kier alpha value is -1.78. The first-order valence-electron chi connectivity index (χ1n) is 7.41. The molecular formula is C14H19F5N2O4. The second-order valence-corrected chi connectivity index (χ2v) is 6.21. The summed E-state index contributed by atoms with van der Waals surface area (Å²) in [5, 5.41) is 0. The maximum Gasteiger partial charge on any atom is 0.461 e. The number of Topliss-reactive ketones (excluding diaryl/α,β-unsaturated/α-hetero) is 1. The third-order valence-corrected chi connectivity index (χ3v) is 3.88. The monoisotopic (exact) mass is 374 g/mol. The summed E-state index contributed by atoms with van der Waals surface area (Å²) in [6.45, 7) is 3.26. The van der Waals surface area contributed by atoms with E-state index >= 15 is 0 Å². The number of alkyl halides is 5.